The smallest absolute Gasteiger partial charge is 0.258 e. The van der Waals surface area contributed by atoms with Gasteiger partial charge < -0.3 is 13.8 Å². The fraction of sp³-hybridized carbons (Fsp3) is 0.304. The fourth-order valence-corrected chi connectivity index (χ4v) is 4.40. The van der Waals surface area contributed by atoms with Gasteiger partial charge in [0, 0.05) is 23.7 Å². The molecule has 1 atom stereocenters. The number of pyridine rings is 1. The molecule has 0 N–H and O–H groups in total. The first-order chi connectivity index (χ1) is 15.0. The van der Waals surface area contributed by atoms with E-state index in [2.05, 4.69) is 15.1 Å². The van der Waals surface area contributed by atoms with Crippen molar-refractivity contribution in [3.63, 3.8) is 0 Å². The molecule has 0 unspecified atom stereocenters. The summed E-state index contributed by atoms with van der Waals surface area (Å²) in [4.78, 5) is 24.2. The van der Waals surface area contributed by atoms with E-state index in [9.17, 15) is 4.79 Å². The van der Waals surface area contributed by atoms with E-state index in [1.54, 1.807) is 12.3 Å². The van der Waals surface area contributed by atoms with Gasteiger partial charge in [0.05, 0.1) is 22.8 Å². The van der Waals surface area contributed by atoms with E-state index in [1.165, 1.54) is 0 Å². The Bertz CT molecular complexity index is 1280. The largest absolute Gasteiger partial charge is 0.443 e. The summed E-state index contributed by atoms with van der Waals surface area (Å²) in [7, 11) is 0. The summed E-state index contributed by atoms with van der Waals surface area (Å²) in [5.41, 5.74) is 3.27. The highest BCUT2D eigenvalue weighted by molar-refractivity contribution is 6.31. The zero-order chi connectivity index (χ0) is 21.5. The normalized spacial score (nSPS) is 16.4. The monoisotopic (exact) mass is 436 g/mol. The van der Waals surface area contributed by atoms with Crippen LogP contribution in [0.25, 0.3) is 11.1 Å². The lowest BCUT2D eigenvalue weighted by Crippen LogP contribution is -2.31. The number of fused-ring (bicyclic) bond motifs is 1. The van der Waals surface area contributed by atoms with Gasteiger partial charge in [-0.2, -0.15) is 0 Å². The van der Waals surface area contributed by atoms with Gasteiger partial charge >= 0.3 is 0 Å². The molecular formula is C23H21ClN4O3. The topological polar surface area (TPSA) is 85.3 Å². The third-order valence-corrected chi connectivity index (χ3v) is 6.04. The summed E-state index contributed by atoms with van der Waals surface area (Å²) >= 11 is 6.27. The van der Waals surface area contributed by atoms with Crippen molar-refractivity contribution in [2.45, 2.75) is 39.2 Å². The molecule has 31 heavy (non-hydrogen) atoms. The molecule has 8 heteroatoms. The van der Waals surface area contributed by atoms with Gasteiger partial charge in [-0.1, -0.05) is 35.0 Å². The van der Waals surface area contributed by atoms with Crippen LogP contribution in [0, 0.1) is 13.8 Å². The first-order valence-electron chi connectivity index (χ1n) is 10.2. The minimum Gasteiger partial charge on any atom is -0.443 e. The summed E-state index contributed by atoms with van der Waals surface area (Å²) < 4.78 is 11.3. The molecule has 1 aromatic carbocycles. The molecule has 5 rings (SSSR count). The van der Waals surface area contributed by atoms with Crippen molar-refractivity contribution in [1.82, 2.24) is 20.0 Å². The van der Waals surface area contributed by atoms with Crippen LogP contribution in [0.1, 0.15) is 57.8 Å². The summed E-state index contributed by atoms with van der Waals surface area (Å²) in [5.74, 6) is 1.19. The van der Waals surface area contributed by atoms with Crippen LogP contribution in [0.5, 0.6) is 0 Å². The predicted molar refractivity (Wildman–Crippen MR) is 115 cm³/mol. The van der Waals surface area contributed by atoms with Gasteiger partial charge in [0.2, 0.25) is 5.89 Å². The molecule has 4 heterocycles. The lowest BCUT2D eigenvalue weighted by molar-refractivity contribution is 0.0716. The van der Waals surface area contributed by atoms with E-state index >= 15 is 0 Å². The molecule has 1 saturated heterocycles. The number of rotatable bonds is 4. The lowest BCUT2D eigenvalue weighted by Gasteiger charge is -2.22. The number of halogens is 1. The Balaban J connectivity index is 1.43. The summed E-state index contributed by atoms with van der Waals surface area (Å²) in [6.45, 7) is 4.29. The second-order valence-corrected chi connectivity index (χ2v) is 8.26. The van der Waals surface area contributed by atoms with Crippen LogP contribution in [-0.4, -0.2) is 32.5 Å². The van der Waals surface area contributed by atoms with Gasteiger partial charge in [-0.25, -0.2) is 9.97 Å². The molecule has 0 saturated carbocycles. The van der Waals surface area contributed by atoms with Crippen LogP contribution in [0.15, 0.2) is 45.5 Å². The lowest BCUT2D eigenvalue weighted by atomic mass is 10.1. The molecule has 158 valence electrons. The van der Waals surface area contributed by atoms with Crippen LogP contribution in [-0.2, 0) is 6.42 Å². The second kappa shape index (κ2) is 7.81. The van der Waals surface area contributed by atoms with Crippen LogP contribution in [0.3, 0.4) is 0 Å². The van der Waals surface area contributed by atoms with Crippen molar-refractivity contribution in [3.05, 3.63) is 75.7 Å². The maximum atomic E-state index is 13.5. The molecular weight excluding hydrogens is 416 g/mol. The van der Waals surface area contributed by atoms with Gasteiger partial charge in [-0.15, -0.1) is 0 Å². The van der Waals surface area contributed by atoms with Crippen molar-refractivity contribution in [2.24, 2.45) is 0 Å². The van der Waals surface area contributed by atoms with Gasteiger partial charge in [-0.3, -0.25) is 4.79 Å². The van der Waals surface area contributed by atoms with Gasteiger partial charge in [0.15, 0.2) is 0 Å². The average Bonchev–Trinajstić information content (AvgIpc) is 3.49. The summed E-state index contributed by atoms with van der Waals surface area (Å²) in [6, 6.07) is 9.25. The number of hydrogen-bond donors (Lipinski definition) is 0. The predicted octanol–water partition coefficient (Wildman–Crippen LogP) is 5.05. The third kappa shape index (κ3) is 3.59. The minimum absolute atomic E-state index is 0.0878. The highest BCUT2D eigenvalue weighted by Gasteiger charge is 2.35. The van der Waals surface area contributed by atoms with E-state index in [4.69, 9.17) is 20.5 Å². The Morgan fingerprint density at radius 2 is 2.13 bits per heavy atom. The molecule has 0 aliphatic carbocycles. The van der Waals surface area contributed by atoms with Crippen molar-refractivity contribution in [2.75, 3.05) is 6.54 Å². The number of aromatic nitrogens is 3. The summed E-state index contributed by atoms with van der Waals surface area (Å²) in [5, 5.41) is 5.34. The maximum Gasteiger partial charge on any atom is 0.258 e. The fourth-order valence-electron chi connectivity index (χ4n) is 4.20. The van der Waals surface area contributed by atoms with Crippen LogP contribution >= 0.6 is 11.6 Å². The van der Waals surface area contributed by atoms with E-state index < -0.39 is 0 Å². The number of oxazole rings is 1. The first-order valence-corrected chi connectivity index (χ1v) is 10.6. The quantitative estimate of drug-likeness (QED) is 0.445. The third-order valence-electron chi connectivity index (χ3n) is 5.67. The Hall–Kier alpha value is -3.19. The van der Waals surface area contributed by atoms with E-state index in [0.29, 0.717) is 51.9 Å². The Labute approximate surface area is 184 Å². The summed E-state index contributed by atoms with van der Waals surface area (Å²) in [6.07, 6.45) is 3.96. The molecule has 0 bridgehead atoms. The van der Waals surface area contributed by atoms with E-state index in [0.717, 1.165) is 24.2 Å². The Morgan fingerprint density at radius 3 is 2.97 bits per heavy atom. The number of carbonyl (C=O) groups excluding carboxylic acids is 1. The molecule has 3 aromatic heterocycles. The van der Waals surface area contributed by atoms with Crippen LogP contribution < -0.4 is 0 Å². The molecule has 1 aliphatic rings. The van der Waals surface area contributed by atoms with Gasteiger partial charge in [0.25, 0.3) is 11.6 Å². The molecule has 7 nitrogen and oxygen atoms in total. The molecule has 4 aromatic rings. The highest BCUT2D eigenvalue weighted by Crippen LogP contribution is 2.35. The van der Waals surface area contributed by atoms with Crippen molar-refractivity contribution >= 4 is 28.6 Å². The van der Waals surface area contributed by atoms with Crippen molar-refractivity contribution in [3.8, 4) is 0 Å². The Kier molecular flexibility index (Phi) is 4.98. The zero-order valence-electron chi connectivity index (χ0n) is 17.3. The van der Waals surface area contributed by atoms with Crippen LogP contribution in [0.2, 0.25) is 5.02 Å². The van der Waals surface area contributed by atoms with E-state index in [1.807, 2.05) is 43.0 Å². The Morgan fingerprint density at radius 1 is 1.29 bits per heavy atom. The van der Waals surface area contributed by atoms with Crippen LogP contribution in [0.4, 0.5) is 0 Å². The number of carbonyl (C=O) groups is 1. The average molecular weight is 437 g/mol. The number of hydrogen-bond acceptors (Lipinski definition) is 6. The van der Waals surface area contributed by atoms with Gasteiger partial charge in [-0.05, 0) is 44.4 Å². The first kappa shape index (κ1) is 19.8. The van der Waals surface area contributed by atoms with Gasteiger partial charge in [0.1, 0.15) is 11.8 Å². The molecule has 1 amide bonds. The molecule has 1 aliphatic heterocycles. The second-order valence-electron chi connectivity index (χ2n) is 7.85. The maximum absolute atomic E-state index is 13.5. The SMILES string of the molecule is Cc1cc(C(=O)N2CCC[C@H]2c2ncc(Cc3ccccc3Cl)o2)c2c(C)noc2n1. The molecule has 0 radical (unpaired) electrons. The number of likely N-dealkylation sites (tertiary alicyclic amines) is 1. The van der Waals surface area contributed by atoms with Crippen molar-refractivity contribution in [1.29, 1.82) is 0 Å². The van der Waals surface area contributed by atoms with E-state index in [-0.39, 0.29) is 11.9 Å². The molecule has 0 spiro atoms. The minimum atomic E-state index is -0.212. The number of aryl methyl sites for hydroxylation is 2. The van der Waals surface area contributed by atoms with Crippen molar-refractivity contribution < 1.29 is 13.7 Å². The number of benzene rings is 1. The number of amides is 1. The number of nitrogens with zero attached hydrogens (tertiary/aromatic N) is 4. The highest BCUT2D eigenvalue weighted by atomic mass is 35.5. The standard InChI is InChI=1S/C23H21ClN4O3/c1-13-10-17(20-14(2)27-31-22(20)26-13)23(29)28-9-5-8-19(28)21-25-12-16(30-21)11-15-6-3-4-7-18(15)24/h3-4,6-7,10,12,19H,5,8-9,11H2,1-2H3/t19-/m0/s1. The molecule has 1 fully saturated rings. The zero-order valence-corrected chi connectivity index (χ0v) is 18.0.